The summed E-state index contributed by atoms with van der Waals surface area (Å²) in [5, 5.41) is 7.24. The van der Waals surface area contributed by atoms with E-state index in [1.165, 1.54) is 0 Å². The van der Waals surface area contributed by atoms with Gasteiger partial charge in [0.2, 0.25) is 5.95 Å². The zero-order valence-electron chi connectivity index (χ0n) is 7.44. The maximum Gasteiger partial charge on any atom is 0.243 e. The van der Waals surface area contributed by atoms with E-state index < -0.39 is 0 Å². The van der Waals surface area contributed by atoms with Crippen LogP contribution in [0.15, 0.2) is 22.8 Å². The second-order valence-electron chi connectivity index (χ2n) is 2.78. The largest absolute Gasteiger partial charge is 0.352 e. The van der Waals surface area contributed by atoms with E-state index in [1.54, 1.807) is 4.52 Å². The van der Waals surface area contributed by atoms with Gasteiger partial charge in [0.15, 0.2) is 5.65 Å². The van der Waals surface area contributed by atoms with Crippen molar-refractivity contribution in [2.75, 3.05) is 18.4 Å². The van der Waals surface area contributed by atoms with Gasteiger partial charge in [-0.1, -0.05) is 0 Å². The molecule has 0 atom stereocenters. The summed E-state index contributed by atoms with van der Waals surface area (Å²) in [6, 6.07) is 3.83. The van der Waals surface area contributed by atoms with Crippen molar-refractivity contribution in [1.29, 1.82) is 0 Å². The summed E-state index contributed by atoms with van der Waals surface area (Å²) < 4.78 is 2.64. The fraction of sp³-hybridized carbons (Fsp3) is 0.250. The minimum atomic E-state index is 0.566. The molecule has 0 aromatic carbocycles. The van der Waals surface area contributed by atoms with Gasteiger partial charge in [0.05, 0.1) is 4.47 Å². The molecule has 14 heavy (non-hydrogen) atoms. The van der Waals surface area contributed by atoms with E-state index in [1.807, 2.05) is 18.3 Å². The van der Waals surface area contributed by atoms with Crippen LogP contribution in [-0.2, 0) is 0 Å². The van der Waals surface area contributed by atoms with Crippen LogP contribution in [0.1, 0.15) is 0 Å². The SMILES string of the molecule is NCCNc1nc2c(Br)cccn2n1. The summed E-state index contributed by atoms with van der Waals surface area (Å²) >= 11 is 3.40. The number of anilines is 1. The summed E-state index contributed by atoms with van der Waals surface area (Å²) in [6.45, 7) is 1.24. The topological polar surface area (TPSA) is 68.2 Å². The van der Waals surface area contributed by atoms with Crippen molar-refractivity contribution in [2.24, 2.45) is 5.73 Å². The number of nitrogens with zero attached hydrogens (tertiary/aromatic N) is 3. The van der Waals surface area contributed by atoms with Crippen LogP contribution < -0.4 is 11.1 Å². The molecule has 0 saturated carbocycles. The Morgan fingerprint density at radius 1 is 1.57 bits per heavy atom. The minimum Gasteiger partial charge on any atom is -0.352 e. The molecule has 0 aliphatic carbocycles. The molecule has 2 aromatic heterocycles. The second kappa shape index (κ2) is 3.93. The third-order valence-electron chi connectivity index (χ3n) is 1.74. The van der Waals surface area contributed by atoms with Gasteiger partial charge in [0.1, 0.15) is 0 Å². The molecular weight excluding hydrogens is 246 g/mol. The van der Waals surface area contributed by atoms with Crippen LogP contribution in [0.3, 0.4) is 0 Å². The number of nitrogens with one attached hydrogen (secondary N) is 1. The summed E-state index contributed by atoms with van der Waals surface area (Å²) in [4.78, 5) is 4.29. The van der Waals surface area contributed by atoms with Crippen LogP contribution in [0, 0.1) is 0 Å². The van der Waals surface area contributed by atoms with Crippen LogP contribution in [0.25, 0.3) is 5.65 Å². The first-order valence-electron chi connectivity index (χ1n) is 4.26. The third-order valence-corrected chi connectivity index (χ3v) is 2.36. The van der Waals surface area contributed by atoms with E-state index in [2.05, 4.69) is 31.3 Å². The molecule has 0 radical (unpaired) electrons. The van der Waals surface area contributed by atoms with Gasteiger partial charge in [-0.05, 0) is 28.1 Å². The lowest BCUT2D eigenvalue weighted by Crippen LogP contribution is -2.13. The van der Waals surface area contributed by atoms with Crippen molar-refractivity contribution >= 4 is 27.5 Å². The molecule has 5 nitrogen and oxygen atoms in total. The fourth-order valence-corrected chi connectivity index (χ4v) is 1.56. The van der Waals surface area contributed by atoms with Gasteiger partial charge in [-0.15, -0.1) is 5.10 Å². The lowest BCUT2D eigenvalue weighted by atomic mass is 10.5. The second-order valence-corrected chi connectivity index (χ2v) is 3.63. The number of nitrogens with two attached hydrogens (primary N) is 1. The molecule has 2 rings (SSSR count). The van der Waals surface area contributed by atoms with Crippen molar-refractivity contribution in [3.05, 3.63) is 22.8 Å². The molecule has 6 heteroatoms. The van der Waals surface area contributed by atoms with E-state index >= 15 is 0 Å². The fourth-order valence-electron chi connectivity index (χ4n) is 1.13. The number of aromatic nitrogens is 3. The molecule has 0 aliphatic heterocycles. The Morgan fingerprint density at radius 2 is 2.43 bits per heavy atom. The van der Waals surface area contributed by atoms with Gasteiger partial charge in [-0.25, -0.2) is 4.52 Å². The Morgan fingerprint density at radius 3 is 3.14 bits per heavy atom. The highest BCUT2D eigenvalue weighted by atomic mass is 79.9. The van der Waals surface area contributed by atoms with Gasteiger partial charge >= 0.3 is 0 Å². The quantitative estimate of drug-likeness (QED) is 0.854. The smallest absolute Gasteiger partial charge is 0.243 e. The first kappa shape index (κ1) is 9.42. The van der Waals surface area contributed by atoms with Crippen LogP contribution in [-0.4, -0.2) is 27.7 Å². The first-order chi connectivity index (χ1) is 6.81. The summed E-state index contributed by atoms with van der Waals surface area (Å²) in [5.41, 5.74) is 6.16. The highest BCUT2D eigenvalue weighted by molar-refractivity contribution is 9.10. The molecule has 0 spiro atoms. The average Bonchev–Trinajstić information content (AvgIpc) is 2.59. The van der Waals surface area contributed by atoms with Crippen molar-refractivity contribution < 1.29 is 0 Å². The predicted molar refractivity (Wildman–Crippen MR) is 58.2 cm³/mol. The Labute approximate surface area is 89.4 Å². The van der Waals surface area contributed by atoms with E-state index in [-0.39, 0.29) is 0 Å². The highest BCUT2D eigenvalue weighted by Gasteiger charge is 2.04. The van der Waals surface area contributed by atoms with Gasteiger partial charge in [-0.2, -0.15) is 4.98 Å². The van der Waals surface area contributed by atoms with Gasteiger partial charge in [0.25, 0.3) is 0 Å². The number of pyridine rings is 1. The third kappa shape index (κ3) is 1.71. The molecule has 2 aromatic rings. The van der Waals surface area contributed by atoms with Crippen LogP contribution in [0.2, 0.25) is 0 Å². The normalized spacial score (nSPS) is 10.7. The number of hydrogen-bond donors (Lipinski definition) is 2. The Hall–Kier alpha value is -1.14. The van der Waals surface area contributed by atoms with Gasteiger partial charge in [0, 0.05) is 19.3 Å². The maximum absolute atomic E-state index is 5.37. The molecule has 0 bridgehead atoms. The first-order valence-corrected chi connectivity index (χ1v) is 5.05. The summed E-state index contributed by atoms with van der Waals surface area (Å²) in [6.07, 6.45) is 1.85. The van der Waals surface area contributed by atoms with Crippen molar-refractivity contribution in [3.8, 4) is 0 Å². The number of fused-ring (bicyclic) bond motifs is 1. The zero-order chi connectivity index (χ0) is 9.97. The molecule has 0 aliphatic rings. The Balaban J connectivity index is 2.36. The van der Waals surface area contributed by atoms with Crippen molar-refractivity contribution in [1.82, 2.24) is 14.6 Å². The van der Waals surface area contributed by atoms with Crippen LogP contribution >= 0.6 is 15.9 Å². The van der Waals surface area contributed by atoms with E-state index in [0.29, 0.717) is 19.0 Å². The van der Waals surface area contributed by atoms with E-state index in [0.717, 1.165) is 10.1 Å². The molecule has 2 heterocycles. The van der Waals surface area contributed by atoms with Crippen LogP contribution in [0.5, 0.6) is 0 Å². The van der Waals surface area contributed by atoms with Gasteiger partial charge in [-0.3, -0.25) is 0 Å². The molecule has 0 amide bonds. The molecule has 74 valence electrons. The lowest BCUT2D eigenvalue weighted by Gasteiger charge is -1.94. The molecule has 0 fully saturated rings. The highest BCUT2D eigenvalue weighted by Crippen LogP contribution is 2.16. The number of halogens is 1. The standard InChI is InChI=1S/C8H10BrN5/c9-6-2-1-5-14-7(6)12-8(13-14)11-4-3-10/h1-2,5H,3-4,10H2,(H,11,13). The summed E-state index contributed by atoms with van der Waals surface area (Å²) in [7, 11) is 0. The van der Waals surface area contributed by atoms with E-state index in [9.17, 15) is 0 Å². The molecule has 3 N–H and O–H groups in total. The molecule has 0 saturated heterocycles. The number of hydrogen-bond acceptors (Lipinski definition) is 4. The zero-order valence-corrected chi connectivity index (χ0v) is 9.03. The Bertz CT molecular complexity index is 438. The van der Waals surface area contributed by atoms with E-state index in [4.69, 9.17) is 5.73 Å². The average molecular weight is 256 g/mol. The predicted octanol–water partition coefficient (Wildman–Crippen LogP) is 0.862. The van der Waals surface area contributed by atoms with Crippen molar-refractivity contribution in [3.63, 3.8) is 0 Å². The van der Waals surface area contributed by atoms with Gasteiger partial charge < -0.3 is 11.1 Å². The molecule has 0 unspecified atom stereocenters. The minimum absolute atomic E-state index is 0.566. The monoisotopic (exact) mass is 255 g/mol. The lowest BCUT2D eigenvalue weighted by molar-refractivity contribution is 0.938. The Kier molecular flexibility index (Phi) is 2.64. The van der Waals surface area contributed by atoms with Crippen molar-refractivity contribution in [2.45, 2.75) is 0 Å². The molecular formula is C8H10BrN5. The maximum atomic E-state index is 5.37. The summed E-state index contributed by atoms with van der Waals surface area (Å²) in [5.74, 6) is 0.599. The van der Waals surface area contributed by atoms with Crippen LogP contribution in [0.4, 0.5) is 5.95 Å². The number of rotatable bonds is 3.